The summed E-state index contributed by atoms with van der Waals surface area (Å²) >= 11 is 0. The zero-order valence-corrected chi connectivity index (χ0v) is 18.1. The Balaban J connectivity index is 1.31. The number of Topliss-reactive ketones (excluding diaryl/α,β-unsaturated/α-hetero) is 1. The van der Waals surface area contributed by atoms with E-state index in [0.717, 1.165) is 30.0 Å². The highest BCUT2D eigenvalue weighted by Gasteiger charge is 2.26. The predicted octanol–water partition coefficient (Wildman–Crippen LogP) is 4.25. The summed E-state index contributed by atoms with van der Waals surface area (Å²) in [5.74, 6) is 0.189. The van der Waals surface area contributed by atoms with Gasteiger partial charge in [-0.05, 0) is 44.9 Å². The van der Waals surface area contributed by atoms with Crippen molar-refractivity contribution in [3.05, 3.63) is 53.3 Å². The van der Waals surface area contributed by atoms with Gasteiger partial charge in [-0.3, -0.25) is 9.69 Å². The van der Waals surface area contributed by atoms with E-state index in [4.69, 9.17) is 0 Å². The topological polar surface area (TPSA) is 57.6 Å². The number of ketones is 1. The lowest BCUT2D eigenvalue weighted by Crippen LogP contribution is -2.51. The van der Waals surface area contributed by atoms with E-state index in [9.17, 15) is 9.59 Å². The fraction of sp³-hybridized carbons (Fsp3) is 0.500. The first-order valence-electron chi connectivity index (χ1n) is 11.1. The smallest absolute Gasteiger partial charge is 0.321 e. The van der Waals surface area contributed by atoms with Gasteiger partial charge in [-0.1, -0.05) is 31.0 Å². The quantitative estimate of drug-likeness (QED) is 0.753. The van der Waals surface area contributed by atoms with Gasteiger partial charge in [0.05, 0.1) is 6.54 Å². The van der Waals surface area contributed by atoms with Gasteiger partial charge in [-0.2, -0.15) is 0 Å². The molecule has 0 bridgehead atoms. The zero-order valence-electron chi connectivity index (χ0n) is 18.1. The number of hydrogen-bond acceptors (Lipinski definition) is 3. The second kappa shape index (κ2) is 9.04. The summed E-state index contributed by atoms with van der Waals surface area (Å²) in [6.45, 7) is 7.32. The van der Waals surface area contributed by atoms with E-state index >= 15 is 0 Å². The van der Waals surface area contributed by atoms with Crippen molar-refractivity contribution in [2.45, 2.75) is 45.6 Å². The Morgan fingerprint density at radius 1 is 1.00 bits per heavy atom. The maximum absolute atomic E-state index is 13.0. The molecule has 30 heavy (non-hydrogen) atoms. The first kappa shape index (κ1) is 20.7. The Labute approximate surface area is 178 Å². The summed E-state index contributed by atoms with van der Waals surface area (Å²) in [6.07, 6.45) is 5.01. The monoisotopic (exact) mass is 408 g/mol. The molecule has 6 heteroatoms. The second-order valence-electron chi connectivity index (χ2n) is 8.58. The van der Waals surface area contributed by atoms with E-state index in [1.807, 2.05) is 35.2 Å². The van der Waals surface area contributed by atoms with Crippen LogP contribution in [0.25, 0.3) is 0 Å². The van der Waals surface area contributed by atoms with Crippen LogP contribution in [0.5, 0.6) is 0 Å². The maximum Gasteiger partial charge on any atom is 0.321 e. The fourth-order valence-corrected chi connectivity index (χ4v) is 4.91. The molecule has 0 unspecified atom stereocenters. The van der Waals surface area contributed by atoms with Crippen LogP contribution in [0.15, 0.2) is 36.4 Å². The molecule has 2 amide bonds. The average molecular weight is 409 g/mol. The summed E-state index contributed by atoms with van der Waals surface area (Å²) in [7, 11) is 0. The number of anilines is 1. The molecule has 1 saturated heterocycles. The minimum atomic E-state index is -0.0766. The molecule has 2 heterocycles. The molecule has 2 aromatic rings. The van der Waals surface area contributed by atoms with Gasteiger partial charge < -0.3 is 14.8 Å². The number of carbonyl (C=O) groups excluding carboxylic acids is 2. The molecule has 2 aliphatic rings. The number of rotatable bonds is 5. The van der Waals surface area contributed by atoms with Crippen LogP contribution in [0.2, 0.25) is 0 Å². The number of nitrogens with one attached hydrogen (secondary N) is 1. The highest BCUT2D eigenvalue weighted by molar-refractivity contribution is 5.99. The van der Waals surface area contributed by atoms with Crippen molar-refractivity contribution in [2.75, 3.05) is 38.0 Å². The minimum absolute atomic E-state index is 0.0766. The van der Waals surface area contributed by atoms with Crippen molar-refractivity contribution in [3.8, 4) is 0 Å². The number of urea groups is 1. The van der Waals surface area contributed by atoms with E-state index in [-0.39, 0.29) is 11.8 Å². The molecule has 6 nitrogen and oxygen atoms in total. The molecule has 1 aromatic carbocycles. The van der Waals surface area contributed by atoms with Crippen LogP contribution in [0.1, 0.15) is 53.5 Å². The van der Waals surface area contributed by atoms with Gasteiger partial charge in [-0.25, -0.2) is 4.79 Å². The summed E-state index contributed by atoms with van der Waals surface area (Å²) in [6, 6.07) is 12.1. The SMILES string of the molecule is Cc1cc(C(=O)CN2CCN(C(=O)Nc3ccccc3)CC2)c(C)n1C1CCCC1. The number of benzene rings is 1. The number of aromatic nitrogens is 1. The molecule has 0 spiro atoms. The number of hydrogen-bond donors (Lipinski definition) is 1. The summed E-state index contributed by atoms with van der Waals surface area (Å²) < 4.78 is 2.38. The largest absolute Gasteiger partial charge is 0.345 e. The standard InChI is InChI=1S/C24H32N4O2/c1-18-16-22(19(2)28(18)21-10-6-7-11-21)23(29)17-26-12-14-27(15-13-26)24(30)25-20-8-4-3-5-9-20/h3-5,8-9,16,21H,6-7,10-15,17H2,1-2H3,(H,25,30). The van der Waals surface area contributed by atoms with Crippen molar-refractivity contribution in [1.29, 1.82) is 0 Å². The van der Waals surface area contributed by atoms with Crippen LogP contribution in [0.4, 0.5) is 10.5 Å². The van der Waals surface area contributed by atoms with E-state index in [1.165, 1.54) is 31.4 Å². The van der Waals surface area contributed by atoms with Crippen molar-refractivity contribution in [1.82, 2.24) is 14.4 Å². The number of aryl methyl sites for hydroxylation is 1. The van der Waals surface area contributed by atoms with Crippen LogP contribution < -0.4 is 5.32 Å². The van der Waals surface area contributed by atoms with Crippen molar-refractivity contribution < 1.29 is 9.59 Å². The molecule has 1 N–H and O–H groups in total. The molecule has 1 saturated carbocycles. The summed E-state index contributed by atoms with van der Waals surface area (Å²) in [5, 5.41) is 2.93. The van der Waals surface area contributed by atoms with Crippen LogP contribution in [-0.4, -0.2) is 58.9 Å². The Bertz CT molecular complexity index is 891. The van der Waals surface area contributed by atoms with Crippen molar-refractivity contribution in [3.63, 3.8) is 0 Å². The number of piperazine rings is 1. The number of carbonyl (C=O) groups is 2. The molecule has 1 aliphatic carbocycles. The van der Waals surface area contributed by atoms with Crippen LogP contribution >= 0.6 is 0 Å². The van der Waals surface area contributed by atoms with Crippen molar-refractivity contribution in [2.24, 2.45) is 0 Å². The van der Waals surface area contributed by atoms with E-state index < -0.39 is 0 Å². The van der Waals surface area contributed by atoms with Gasteiger partial charge in [0.15, 0.2) is 5.78 Å². The molecule has 1 aliphatic heterocycles. The van der Waals surface area contributed by atoms with Crippen LogP contribution in [0, 0.1) is 13.8 Å². The molecule has 2 fully saturated rings. The van der Waals surface area contributed by atoms with Crippen LogP contribution in [-0.2, 0) is 0 Å². The van der Waals surface area contributed by atoms with Gasteiger partial charge in [0.25, 0.3) is 0 Å². The molecule has 160 valence electrons. The Kier molecular flexibility index (Phi) is 6.23. The molecule has 4 rings (SSSR count). The van der Waals surface area contributed by atoms with Gasteiger partial charge in [-0.15, -0.1) is 0 Å². The van der Waals surface area contributed by atoms with E-state index in [0.29, 0.717) is 25.7 Å². The first-order chi connectivity index (χ1) is 14.5. The van der Waals surface area contributed by atoms with E-state index in [1.54, 1.807) is 0 Å². The first-order valence-corrected chi connectivity index (χ1v) is 11.1. The molecule has 0 atom stereocenters. The lowest BCUT2D eigenvalue weighted by molar-refractivity contribution is 0.0883. The highest BCUT2D eigenvalue weighted by atomic mass is 16.2. The minimum Gasteiger partial charge on any atom is -0.345 e. The third-order valence-corrected chi connectivity index (χ3v) is 6.53. The fourth-order valence-electron chi connectivity index (χ4n) is 4.91. The number of amides is 2. The van der Waals surface area contributed by atoms with Gasteiger partial charge in [0.1, 0.15) is 0 Å². The number of para-hydroxylation sites is 1. The molecular weight excluding hydrogens is 376 g/mol. The number of nitrogens with zero attached hydrogens (tertiary/aromatic N) is 3. The zero-order chi connectivity index (χ0) is 21.1. The Morgan fingerprint density at radius 2 is 1.67 bits per heavy atom. The Hall–Kier alpha value is -2.60. The van der Waals surface area contributed by atoms with Crippen molar-refractivity contribution >= 4 is 17.5 Å². The predicted molar refractivity (Wildman–Crippen MR) is 119 cm³/mol. The highest BCUT2D eigenvalue weighted by Crippen LogP contribution is 2.33. The van der Waals surface area contributed by atoms with Crippen LogP contribution in [0.3, 0.4) is 0 Å². The molecule has 0 radical (unpaired) electrons. The lowest BCUT2D eigenvalue weighted by atomic mass is 10.1. The third kappa shape index (κ3) is 4.43. The summed E-state index contributed by atoms with van der Waals surface area (Å²) in [5.41, 5.74) is 3.98. The third-order valence-electron chi connectivity index (χ3n) is 6.53. The Morgan fingerprint density at radius 3 is 2.33 bits per heavy atom. The molecule has 1 aromatic heterocycles. The second-order valence-corrected chi connectivity index (χ2v) is 8.58. The van der Waals surface area contributed by atoms with Gasteiger partial charge in [0.2, 0.25) is 0 Å². The normalized spacial score (nSPS) is 18.0. The van der Waals surface area contributed by atoms with Gasteiger partial charge in [0, 0.05) is 54.9 Å². The average Bonchev–Trinajstić information content (AvgIpc) is 3.37. The lowest BCUT2D eigenvalue weighted by Gasteiger charge is -2.34. The maximum atomic E-state index is 13.0. The molecular formula is C24H32N4O2. The van der Waals surface area contributed by atoms with E-state index in [2.05, 4.69) is 34.7 Å². The summed E-state index contributed by atoms with van der Waals surface area (Å²) in [4.78, 5) is 29.5. The van der Waals surface area contributed by atoms with Gasteiger partial charge >= 0.3 is 6.03 Å².